The maximum absolute atomic E-state index is 12.2. The van der Waals surface area contributed by atoms with E-state index in [1.807, 2.05) is 0 Å². The fourth-order valence-corrected chi connectivity index (χ4v) is 3.41. The second-order valence-corrected chi connectivity index (χ2v) is 7.09. The van der Waals surface area contributed by atoms with Gasteiger partial charge in [-0.3, -0.25) is 20.4 Å². The van der Waals surface area contributed by atoms with Gasteiger partial charge in [-0.25, -0.2) is 4.98 Å². The molecule has 3 rings (SSSR count). The Morgan fingerprint density at radius 2 is 1.89 bits per heavy atom. The van der Waals surface area contributed by atoms with Crippen molar-refractivity contribution in [2.75, 3.05) is 37.8 Å². The van der Waals surface area contributed by atoms with E-state index >= 15 is 0 Å². The van der Waals surface area contributed by atoms with Crippen molar-refractivity contribution in [2.24, 2.45) is 0 Å². The number of benzene rings is 1. The third-order valence-electron chi connectivity index (χ3n) is 4.18. The van der Waals surface area contributed by atoms with Crippen molar-refractivity contribution in [3.05, 3.63) is 40.9 Å². The number of carbonyl (C=O) groups excluding carboxylic acids is 2. The molecule has 1 aromatic carbocycles. The van der Waals surface area contributed by atoms with Crippen molar-refractivity contribution < 1.29 is 19.1 Å². The van der Waals surface area contributed by atoms with E-state index in [2.05, 4.69) is 27.7 Å². The fourth-order valence-electron chi connectivity index (χ4n) is 2.56. The van der Waals surface area contributed by atoms with E-state index in [1.165, 1.54) is 11.3 Å². The molecule has 0 radical (unpaired) electrons. The summed E-state index contributed by atoms with van der Waals surface area (Å²) in [6, 6.07) is 6.78. The lowest BCUT2D eigenvalue weighted by Gasteiger charge is -2.25. The Bertz CT molecular complexity index is 787. The molecule has 2 amide bonds. The van der Waals surface area contributed by atoms with E-state index in [1.54, 1.807) is 29.6 Å². The van der Waals surface area contributed by atoms with E-state index in [0.29, 0.717) is 31.1 Å². The van der Waals surface area contributed by atoms with Gasteiger partial charge < -0.3 is 14.4 Å². The zero-order valence-corrected chi connectivity index (χ0v) is 16.6. The number of nitrogens with zero attached hydrogens (tertiary/aromatic N) is 2. The van der Waals surface area contributed by atoms with Gasteiger partial charge in [-0.05, 0) is 30.7 Å². The molecule has 150 valence electrons. The van der Waals surface area contributed by atoms with Crippen molar-refractivity contribution in [3.8, 4) is 5.75 Å². The highest BCUT2D eigenvalue weighted by Crippen LogP contribution is 2.21. The predicted molar refractivity (Wildman–Crippen MR) is 107 cm³/mol. The Morgan fingerprint density at radius 1 is 1.18 bits per heavy atom. The standard InChI is InChI=1S/C19H24N4O4S/c1-2-3-10-27-15-6-4-14(5-7-15)17(24)21-22-18(25)16-13-28-19(20-16)23-8-11-26-12-9-23/h4-7,13H,2-3,8-12H2,1H3,(H,21,24)(H,22,25). The second-order valence-electron chi connectivity index (χ2n) is 6.25. The summed E-state index contributed by atoms with van der Waals surface area (Å²) in [6.45, 7) is 5.56. The first-order valence-corrected chi connectivity index (χ1v) is 10.2. The number of thiazole rings is 1. The lowest BCUT2D eigenvalue weighted by molar-refractivity contribution is 0.0844. The van der Waals surface area contributed by atoms with Gasteiger partial charge >= 0.3 is 0 Å². The number of hydrogen-bond donors (Lipinski definition) is 2. The molecule has 8 nitrogen and oxygen atoms in total. The predicted octanol–water partition coefficient (Wildman–Crippen LogP) is 2.23. The number of nitrogens with one attached hydrogen (secondary N) is 2. The average molecular weight is 404 g/mol. The van der Waals surface area contributed by atoms with E-state index in [4.69, 9.17) is 9.47 Å². The molecule has 1 aliphatic rings. The molecule has 1 saturated heterocycles. The fraction of sp³-hybridized carbons (Fsp3) is 0.421. The highest BCUT2D eigenvalue weighted by molar-refractivity contribution is 7.13. The SMILES string of the molecule is CCCCOc1ccc(C(=O)NNC(=O)c2csc(N3CCOCC3)n2)cc1. The molecule has 1 aliphatic heterocycles. The lowest BCUT2D eigenvalue weighted by Crippen LogP contribution is -2.41. The smallest absolute Gasteiger partial charge is 0.289 e. The Hall–Kier alpha value is -2.65. The molecular weight excluding hydrogens is 380 g/mol. The van der Waals surface area contributed by atoms with Crippen LogP contribution in [0.5, 0.6) is 5.75 Å². The molecule has 1 fully saturated rings. The van der Waals surface area contributed by atoms with Crippen LogP contribution in [0.1, 0.15) is 40.6 Å². The van der Waals surface area contributed by atoms with Gasteiger partial charge in [-0.1, -0.05) is 13.3 Å². The van der Waals surface area contributed by atoms with Crippen molar-refractivity contribution >= 4 is 28.3 Å². The monoisotopic (exact) mass is 404 g/mol. The van der Waals surface area contributed by atoms with Crippen molar-refractivity contribution in [3.63, 3.8) is 0 Å². The molecule has 0 saturated carbocycles. The molecule has 0 aliphatic carbocycles. The number of unbranched alkanes of at least 4 members (excludes halogenated alkanes) is 1. The molecular formula is C19H24N4O4S. The zero-order chi connectivity index (χ0) is 19.8. The Morgan fingerprint density at radius 3 is 2.61 bits per heavy atom. The molecule has 28 heavy (non-hydrogen) atoms. The summed E-state index contributed by atoms with van der Waals surface area (Å²) in [5.74, 6) is -0.145. The maximum atomic E-state index is 12.2. The maximum Gasteiger partial charge on any atom is 0.289 e. The number of amides is 2. The highest BCUT2D eigenvalue weighted by Gasteiger charge is 2.18. The number of hydrazine groups is 1. The van der Waals surface area contributed by atoms with Crippen LogP contribution in [0.2, 0.25) is 0 Å². The van der Waals surface area contributed by atoms with Crippen molar-refractivity contribution in [1.29, 1.82) is 0 Å². The van der Waals surface area contributed by atoms with Crippen LogP contribution in [-0.2, 0) is 4.74 Å². The van der Waals surface area contributed by atoms with Crippen molar-refractivity contribution in [2.45, 2.75) is 19.8 Å². The number of carbonyl (C=O) groups is 2. The summed E-state index contributed by atoms with van der Waals surface area (Å²) in [4.78, 5) is 30.8. The minimum absolute atomic E-state index is 0.270. The van der Waals surface area contributed by atoms with Gasteiger partial charge in [0, 0.05) is 24.0 Å². The lowest BCUT2D eigenvalue weighted by atomic mass is 10.2. The number of anilines is 1. The van der Waals surface area contributed by atoms with Crippen LogP contribution >= 0.6 is 11.3 Å². The van der Waals surface area contributed by atoms with Gasteiger partial charge in [-0.2, -0.15) is 0 Å². The molecule has 0 spiro atoms. The minimum Gasteiger partial charge on any atom is -0.494 e. The normalized spacial score (nSPS) is 13.8. The van der Waals surface area contributed by atoms with E-state index in [-0.39, 0.29) is 5.69 Å². The summed E-state index contributed by atoms with van der Waals surface area (Å²) in [7, 11) is 0. The molecule has 2 aromatic rings. The summed E-state index contributed by atoms with van der Waals surface area (Å²) in [5, 5.41) is 2.45. The second kappa shape index (κ2) is 10.0. The molecule has 0 atom stereocenters. The summed E-state index contributed by atoms with van der Waals surface area (Å²) < 4.78 is 10.9. The third kappa shape index (κ3) is 5.43. The number of morpholine rings is 1. The van der Waals surface area contributed by atoms with Crippen LogP contribution in [0.3, 0.4) is 0 Å². The van der Waals surface area contributed by atoms with Gasteiger partial charge in [0.1, 0.15) is 11.4 Å². The summed E-state index contributed by atoms with van der Waals surface area (Å²) >= 11 is 1.40. The topological polar surface area (TPSA) is 92.8 Å². The number of ether oxygens (including phenoxy) is 2. The van der Waals surface area contributed by atoms with Gasteiger partial charge in [-0.15, -0.1) is 11.3 Å². The van der Waals surface area contributed by atoms with Crippen LogP contribution in [-0.4, -0.2) is 49.7 Å². The molecule has 9 heteroatoms. The number of aromatic nitrogens is 1. The van der Waals surface area contributed by atoms with Crippen LogP contribution in [0.15, 0.2) is 29.6 Å². The highest BCUT2D eigenvalue weighted by atomic mass is 32.1. The molecule has 1 aromatic heterocycles. The first-order valence-electron chi connectivity index (χ1n) is 9.29. The number of hydrogen-bond acceptors (Lipinski definition) is 7. The molecule has 2 heterocycles. The van der Waals surface area contributed by atoms with Gasteiger partial charge in [0.25, 0.3) is 11.8 Å². The zero-order valence-electron chi connectivity index (χ0n) is 15.8. The number of rotatable bonds is 7. The Kier molecular flexibility index (Phi) is 7.21. The van der Waals surface area contributed by atoms with Gasteiger partial charge in [0.05, 0.1) is 19.8 Å². The first kappa shape index (κ1) is 20.1. The van der Waals surface area contributed by atoms with E-state index in [9.17, 15) is 9.59 Å². The summed E-state index contributed by atoms with van der Waals surface area (Å²) in [5.41, 5.74) is 5.51. The minimum atomic E-state index is -0.455. The largest absolute Gasteiger partial charge is 0.494 e. The van der Waals surface area contributed by atoms with E-state index < -0.39 is 11.8 Å². The van der Waals surface area contributed by atoms with Crippen LogP contribution < -0.4 is 20.5 Å². The molecule has 0 bridgehead atoms. The first-order chi connectivity index (χ1) is 13.7. The molecule has 2 N–H and O–H groups in total. The third-order valence-corrected chi connectivity index (χ3v) is 5.08. The van der Waals surface area contributed by atoms with Gasteiger partial charge in [0.15, 0.2) is 5.13 Å². The Labute approximate surface area is 167 Å². The van der Waals surface area contributed by atoms with E-state index in [0.717, 1.165) is 31.1 Å². The van der Waals surface area contributed by atoms with Crippen LogP contribution in [0.25, 0.3) is 0 Å². The van der Waals surface area contributed by atoms with Crippen LogP contribution in [0, 0.1) is 0 Å². The van der Waals surface area contributed by atoms with Gasteiger partial charge in [0.2, 0.25) is 0 Å². The van der Waals surface area contributed by atoms with Crippen LogP contribution in [0.4, 0.5) is 5.13 Å². The molecule has 0 unspecified atom stereocenters. The summed E-state index contributed by atoms with van der Waals surface area (Å²) in [6.07, 6.45) is 2.05. The van der Waals surface area contributed by atoms with Crippen molar-refractivity contribution in [1.82, 2.24) is 15.8 Å². The Balaban J connectivity index is 1.48. The average Bonchev–Trinajstić information content (AvgIpc) is 3.23. The quantitative estimate of drug-likeness (QED) is 0.543.